The van der Waals surface area contributed by atoms with Crippen molar-refractivity contribution in [3.05, 3.63) is 11.9 Å². The van der Waals surface area contributed by atoms with Crippen molar-refractivity contribution in [3.63, 3.8) is 0 Å². The Labute approximate surface area is 123 Å². The van der Waals surface area contributed by atoms with Crippen LogP contribution < -0.4 is 11.5 Å². The molecule has 11 heteroatoms. The molecule has 3 atom stereocenters. The zero-order valence-corrected chi connectivity index (χ0v) is 11.3. The van der Waals surface area contributed by atoms with Crippen molar-refractivity contribution in [1.82, 2.24) is 19.6 Å². The number of alkyl halides is 1. The van der Waals surface area contributed by atoms with Gasteiger partial charge in [-0.25, -0.2) is 13.9 Å². The Bertz CT molecular complexity index is 705. The molecule has 2 aromatic rings. The second-order valence-electron chi connectivity index (χ2n) is 5.08. The fourth-order valence-electron chi connectivity index (χ4n) is 2.51. The molecule has 0 aromatic carbocycles. The Balaban J connectivity index is 2.09. The average Bonchev–Trinajstić information content (AvgIpc) is 3.01. The van der Waals surface area contributed by atoms with Crippen LogP contribution in [0.5, 0.6) is 0 Å². The molecule has 3 rings (SSSR count). The fraction of sp³-hybridized carbons (Fsp3) is 0.545. The molecule has 7 N–H and O–H groups in total. The SMILES string of the molecule is Nc1nc(N)c2ncc(C3OC(CO)(CO)C(O)C3F)n2n1. The third kappa shape index (κ3) is 1.90. The summed E-state index contributed by atoms with van der Waals surface area (Å²) in [6.45, 7) is -1.50. The maximum Gasteiger partial charge on any atom is 0.240 e. The number of aromatic nitrogens is 4. The van der Waals surface area contributed by atoms with E-state index >= 15 is 0 Å². The van der Waals surface area contributed by atoms with Crippen LogP contribution in [0.15, 0.2) is 6.20 Å². The highest BCUT2D eigenvalue weighted by atomic mass is 19.1. The number of nitrogens with two attached hydrogens (primary N) is 2. The molecule has 22 heavy (non-hydrogen) atoms. The maximum absolute atomic E-state index is 14.4. The second kappa shape index (κ2) is 4.98. The van der Waals surface area contributed by atoms with Gasteiger partial charge in [0.15, 0.2) is 17.6 Å². The van der Waals surface area contributed by atoms with Crippen LogP contribution in [0.3, 0.4) is 0 Å². The lowest BCUT2D eigenvalue weighted by Gasteiger charge is -2.27. The minimum atomic E-state index is -1.91. The van der Waals surface area contributed by atoms with E-state index in [1.807, 2.05) is 0 Å². The van der Waals surface area contributed by atoms with Gasteiger partial charge in [-0.3, -0.25) is 0 Å². The van der Waals surface area contributed by atoms with Crippen molar-refractivity contribution in [2.75, 3.05) is 24.7 Å². The summed E-state index contributed by atoms with van der Waals surface area (Å²) >= 11 is 0. The number of nitrogen functional groups attached to an aromatic ring is 2. The normalized spacial score (nSPS) is 27.5. The molecule has 1 aliphatic rings. The number of rotatable bonds is 3. The smallest absolute Gasteiger partial charge is 0.240 e. The third-order valence-corrected chi connectivity index (χ3v) is 3.75. The van der Waals surface area contributed by atoms with Crippen molar-refractivity contribution >= 4 is 17.4 Å². The zero-order chi connectivity index (χ0) is 16.1. The molecule has 0 bridgehead atoms. The van der Waals surface area contributed by atoms with E-state index in [9.17, 15) is 19.7 Å². The Morgan fingerprint density at radius 1 is 1.36 bits per heavy atom. The van der Waals surface area contributed by atoms with E-state index in [1.54, 1.807) is 0 Å². The molecule has 0 amide bonds. The molecule has 1 aliphatic heterocycles. The third-order valence-electron chi connectivity index (χ3n) is 3.75. The monoisotopic (exact) mass is 314 g/mol. The second-order valence-corrected chi connectivity index (χ2v) is 5.08. The van der Waals surface area contributed by atoms with Crippen LogP contribution in [0.25, 0.3) is 5.65 Å². The number of hydrogen-bond donors (Lipinski definition) is 5. The summed E-state index contributed by atoms with van der Waals surface area (Å²) in [5.74, 6) is -0.142. The highest BCUT2D eigenvalue weighted by molar-refractivity contribution is 5.60. The van der Waals surface area contributed by atoms with Crippen LogP contribution in [0.4, 0.5) is 16.2 Å². The molecule has 0 aliphatic carbocycles. The predicted molar refractivity (Wildman–Crippen MR) is 71.2 cm³/mol. The fourth-order valence-corrected chi connectivity index (χ4v) is 2.51. The zero-order valence-electron chi connectivity index (χ0n) is 11.3. The Kier molecular flexibility index (Phi) is 3.36. The number of ether oxygens (including phenoxy) is 1. The molecule has 2 aromatic heterocycles. The first-order valence-corrected chi connectivity index (χ1v) is 6.42. The molecule has 0 spiro atoms. The molecule has 3 heterocycles. The summed E-state index contributed by atoms with van der Waals surface area (Å²) in [6.07, 6.45) is -3.67. The summed E-state index contributed by atoms with van der Waals surface area (Å²) in [5, 5.41) is 32.5. The molecular weight excluding hydrogens is 299 g/mol. The Morgan fingerprint density at radius 2 is 2.05 bits per heavy atom. The van der Waals surface area contributed by atoms with Crippen molar-refractivity contribution in [1.29, 1.82) is 0 Å². The molecule has 1 saturated heterocycles. The summed E-state index contributed by atoms with van der Waals surface area (Å²) in [7, 11) is 0. The first kappa shape index (κ1) is 14.8. The molecule has 0 saturated carbocycles. The maximum atomic E-state index is 14.4. The number of imidazole rings is 1. The Hall–Kier alpha value is -2.08. The molecule has 0 radical (unpaired) electrons. The largest absolute Gasteiger partial charge is 0.393 e. The molecular formula is C11H15FN6O4. The van der Waals surface area contributed by atoms with Crippen molar-refractivity contribution in [3.8, 4) is 0 Å². The lowest BCUT2D eigenvalue weighted by atomic mass is 9.96. The first-order chi connectivity index (χ1) is 10.4. The number of nitrogens with zero attached hydrogens (tertiary/aromatic N) is 4. The van der Waals surface area contributed by atoms with Crippen LogP contribution in [-0.2, 0) is 4.74 Å². The average molecular weight is 314 g/mol. The van der Waals surface area contributed by atoms with Crippen molar-refractivity contribution in [2.45, 2.75) is 24.0 Å². The van der Waals surface area contributed by atoms with Crippen LogP contribution in [0.1, 0.15) is 11.8 Å². The summed E-state index contributed by atoms with van der Waals surface area (Å²) in [5.41, 5.74) is 9.64. The van der Waals surface area contributed by atoms with Crippen molar-refractivity contribution < 1.29 is 24.4 Å². The number of aliphatic hydroxyl groups excluding tert-OH is 3. The van der Waals surface area contributed by atoms with E-state index < -0.39 is 37.2 Å². The van der Waals surface area contributed by atoms with Gasteiger partial charge in [-0.15, -0.1) is 5.10 Å². The van der Waals surface area contributed by atoms with E-state index in [1.165, 1.54) is 6.20 Å². The van der Waals surface area contributed by atoms with Gasteiger partial charge >= 0.3 is 0 Å². The number of halogens is 1. The van der Waals surface area contributed by atoms with Gasteiger partial charge < -0.3 is 31.5 Å². The van der Waals surface area contributed by atoms with Gasteiger partial charge in [0.05, 0.1) is 25.1 Å². The van der Waals surface area contributed by atoms with Crippen molar-refractivity contribution in [2.24, 2.45) is 0 Å². The number of anilines is 2. The predicted octanol–water partition coefficient (Wildman–Crippen LogP) is -2.22. The van der Waals surface area contributed by atoms with Gasteiger partial charge in [-0.1, -0.05) is 0 Å². The minimum absolute atomic E-state index is 0.00304. The highest BCUT2D eigenvalue weighted by Crippen LogP contribution is 2.41. The van der Waals surface area contributed by atoms with E-state index in [4.69, 9.17) is 16.2 Å². The highest BCUT2D eigenvalue weighted by Gasteiger charge is 2.56. The van der Waals surface area contributed by atoms with Crippen LogP contribution >= 0.6 is 0 Å². The number of fused-ring (bicyclic) bond motifs is 1. The van der Waals surface area contributed by atoms with Gasteiger partial charge in [0, 0.05) is 0 Å². The van der Waals surface area contributed by atoms with Crippen LogP contribution in [0.2, 0.25) is 0 Å². The quantitative estimate of drug-likeness (QED) is 0.422. The Morgan fingerprint density at radius 3 is 2.64 bits per heavy atom. The van der Waals surface area contributed by atoms with Gasteiger partial charge in [-0.05, 0) is 0 Å². The lowest BCUT2D eigenvalue weighted by molar-refractivity contribution is -0.137. The standard InChI is InChI=1S/C11H15FN6O4/c12-5-6(22-11(2-19,3-20)7(5)21)4-1-15-9-8(13)16-10(14)17-18(4)9/h1,5-7,19-21H,2-3H2,(H4,13,14,16,17). The molecule has 1 fully saturated rings. The van der Waals surface area contributed by atoms with E-state index in [2.05, 4.69) is 15.1 Å². The molecule has 10 nitrogen and oxygen atoms in total. The van der Waals surface area contributed by atoms with Gasteiger partial charge in [0.2, 0.25) is 5.95 Å². The molecule has 120 valence electrons. The lowest BCUT2D eigenvalue weighted by Crippen LogP contribution is -2.48. The number of aliphatic hydroxyl groups is 3. The first-order valence-electron chi connectivity index (χ1n) is 6.42. The van der Waals surface area contributed by atoms with Gasteiger partial charge in [-0.2, -0.15) is 4.98 Å². The minimum Gasteiger partial charge on any atom is -0.393 e. The topological polar surface area (TPSA) is 165 Å². The van der Waals surface area contributed by atoms with E-state index in [0.29, 0.717) is 0 Å². The van der Waals surface area contributed by atoms with Gasteiger partial charge in [0.1, 0.15) is 17.8 Å². The van der Waals surface area contributed by atoms with Crippen LogP contribution in [0, 0.1) is 0 Å². The summed E-state index contributed by atoms with van der Waals surface area (Å²) in [4.78, 5) is 7.70. The molecule has 3 unspecified atom stereocenters. The summed E-state index contributed by atoms with van der Waals surface area (Å²) in [6, 6.07) is 0. The van der Waals surface area contributed by atoms with E-state index in [0.717, 1.165) is 4.52 Å². The van der Waals surface area contributed by atoms with Gasteiger partial charge in [0.25, 0.3) is 0 Å². The van der Waals surface area contributed by atoms with E-state index in [-0.39, 0.29) is 23.1 Å². The van der Waals surface area contributed by atoms with Crippen LogP contribution in [-0.4, -0.2) is 66.0 Å². The summed E-state index contributed by atoms with van der Waals surface area (Å²) < 4.78 is 20.9. The number of hydrogen-bond acceptors (Lipinski definition) is 9.